The second kappa shape index (κ2) is 9.71. The molecular formula is C21H26N4O2. The Morgan fingerprint density at radius 2 is 1.81 bits per heavy atom. The molecule has 1 aromatic heterocycles. The number of benzene rings is 1. The Morgan fingerprint density at radius 3 is 2.59 bits per heavy atom. The van der Waals surface area contributed by atoms with Crippen LogP contribution in [-0.2, 0) is 17.8 Å². The molecule has 3 rings (SSSR count). The van der Waals surface area contributed by atoms with E-state index in [1.165, 1.54) is 5.56 Å². The zero-order valence-electron chi connectivity index (χ0n) is 15.4. The zero-order valence-corrected chi connectivity index (χ0v) is 15.4. The van der Waals surface area contributed by atoms with Crippen LogP contribution in [0.25, 0.3) is 0 Å². The van der Waals surface area contributed by atoms with Crippen LogP contribution in [0.1, 0.15) is 24.0 Å². The molecule has 2 N–H and O–H groups in total. The zero-order chi connectivity index (χ0) is 18.9. The molecular weight excluding hydrogens is 340 g/mol. The third-order valence-electron chi connectivity index (χ3n) is 4.82. The summed E-state index contributed by atoms with van der Waals surface area (Å²) >= 11 is 0. The fourth-order valence-corrected chi connectivity index (χ4v) is 3.29. The number of carbonyl (C=O) groups is 2. The van der Waals surface area contributed by atoms with Gasteiger partial charge in [-0.1, -0.05) is 30.3 Å². The first-order chi connectivity index (χ1) is 13.2. The molecule has 0 bridgehead atoms. The minimum atomic E-state index is -0.0365. The van der Waals surface area contributed by atoms with Crippen molar-refractivity contribution in [3.05, 3.63) is 66.0 Å². The van der Waals surface area contributed by atoms with Crippen molar-refractivity contribution >= 4 is 11.9 Å². The maximum atomic E-state index is 12.3. The molecule has 3 amide bonds. The first-order valence-corrected chi connectivity index (χ1v) is 9.43. The van der Waals surface area contributed by atoms with Crippen LogP contribution < -0.4 is 10.6 Å². The van der Waals surface area contributed by atoms with Crippen molar-refractivity contribution in [1.29, 1.82) is 0 Å². The molecule has 1 fully saturated rings. The normalized spacial score (nSPS) is 16.1. The number of nitrogens with one attached hydrogen (secondary N) is 2. The number of hydrogen-bond acceptors (Lipinski definition) is 3. The number of pyridine rings is 1. The molecule has 2 heterocycles. The van der Waals surface area contributed by atoms with E-state index in [0.717, 1.165) is 18.4 Å². The molecule has 0 saturated carbocycles. The van der Waals surface area contributed by atoms with Gasteiger partial charge in [-0.15, -0.1) is 0 Å². The Bertz CT molecular complexity index is 736. The topological polar surface area (TPSA) is 74.3 Å². The van der Waals surface area contributed by atoms with Gasteiger partial charge in [0.2, 0.25) is 5.91 Å². The third kappa shape index (κ3) is 6.09. The minimum absolute atomic E-state index is 0.0307. The third-order valence-corrected chi connectivity index (χ3v) is 4.82. The lowest BCUT2D eigenvalue weighted by atomic mass is 10.0. The van der Waals surface area contributed by atoms with Crippen LogP contribution in [0.2, 0.25) is 0 Å². The highest BCUT2D eigenvalue weighted by Gasteiger charge is 2.27. The van der Waals surface area contributed by atoms with Gasteiger partial charge in [-0.2, -0.15) is 0 Å². The van der Waals surface area contributed by atoms with Crippen molar-refractivity contribution in [2.24, 2.45) is 5.92 Å². The number of nitrogens with zero attached hydrogens (tertiary/aromatic N) is 2. The second-order valence-electron chi connectivity index (χ2n) is 6.90. The van der Waals surface area contributed by atoms with E-state index in [4.69, 9.17) is 0 Å². The van der Waals surface area contributed by atoms with E-state index in [1.807, 2.05) is 35.2 Å². The molecule has 1 saturated heterocycles. The number of likely N-dealkylation sites (tertiary alicyclic amines) is 1. The molecule has 27 heavy (non-hydrogen) atoms. The number of amides is 3. The summed E-state index contributed by atoms with van der Waals surface area (Å²) in [5.74, 6) is 0.255. The molecule has 0 spiro atoms. The SMILES string of the molecule is O=C(CC1CCN(C(=O)NCCc2ccccc2)C1)NCc1ccncc1. The van der Waals surface area contributed by atoms with Crippen molar-refractivity contribution in [2.45, 2.75) is 25.8 Å². The summed E-state index contributed by atoms with van der Waals surface area (Å²) in [5.41, 5.74) is 2.24. The molecule has 1 unspecified atom stereocenters. The van der Waals surface area contributed by atoms with Gasteiger partial charge in [-0.05, 0) is 42.0 Å². The largest absolute Gasteiger partial charge is 0.352 e. The van der Waals surface area contributed by atoms with Gasteiger partial charge in [-0.25, -0.2) is 4.79 Å². The number of aromatic nitrogens is 1. The van der Waals surface area contributed by atoms with Gasteiger partial charge >= 0.3 is 6.03 Å². The highest BCUT2D eigenvalue weighted by molar-refractivity contribution is 5.77. The predicted molar refractivity (Wildman–Crippen MR) is 104 cm³/mol. The first kappa shape index (κ1) is 18.9. The van der Waals surface area contributed by atoms with E-state index in [9.17, 15) is 9.59 Å². The fourth-order valence-electron chi connectivity index (χ4n) is 3.29. The van der Waals surface area contributed by atoms with Crippen LogP contribution in [-0.4, -0.2) is 41.5 Å². The number of rotatable bonds is 7. The molecule has 1 aliphatic heterocycles. The van der Waals surface area contributed by atoms with Gasteiger partial charge in [0.05, 0.1) is 0 Å². The van der Waals surface area contributed by atoms with Crippen LogP contribution in [0.15, 0.2) is 54.9 Å². The highest BCUT2D eigenvalue weighted by Crippen LogP contribution is 2.19. The van der Waals surface area contributed by atoms with Gasteiger partial charge in [-0.3, -0.25) is 9.78 Å². The van der Waals surface area contributed by atoms with Crippen LogP contribution in [0.3, 0.4) is 0 Å². The molecule has 142 valence electrons. The molecule has 1 aromatic carbocycles. The van der Waals surface area contributed by atoms with Gasteiger partial charge in [0.1, 0.15) is 0 Å². The quantitative estimate of drug-likeness (QED) is 0.790. The van der Waals surface area contributed by atoms with E-state index in [0.29, 0.717) is 32.6 Å². The average molecular weight is 366 g/mol. The predicted octanol–water partition coefficient (Wildman–Crippen LogP) is 2.36. The van der Waals surface area contributed by atoms with Crippen LogP contribution in [0.4, 0.5) is 4.79 Å². The van der Waals surface area contributed by atoms with Crippen LogP contribution in [0, 0.1) is 5.92 Å². The highest BCUT2D eigenvalue weighted by atomic mass is 16.2. The van der Waals surface area contributed by atoms with Crippen molar-refractivity contribution in [3.8, 4) is 0 Å². The first-order valence-electron chi connectivity index (χ1n) is 9.43. The van der Waals surface area contributed by atoms with Crippen LogP contribution >= 0.6 is 0 Å². The van der Waals surface area contributed by atoms with Crippen molar-refractivity contribution in [3.63, 3.8) is 0 Å². The van der Waals surface area contributed by atoms with Crippen molar-refractivity contribution < 1.29 is 9.59 Å². The summed E-state index contributed by atoms with van der Waals surface area (Å²) in [7, 11) is 0. The summed E-state index contributed by atoms with van der Waals surface area (Å²) in [4.78, 5) is 30.2. The molecule has 6 nitrogen and oxygen atoms in total. The van der Waals surface area contributed by atoms with Gasteiger partial charge in [0, 0.05) is 45.0 Å². The molecule has 1 aliphatic rings. The maximum absolute atomic E-state index is 12.3. The second-order valence-corrected chi connectivity index (χ2v) is 6.90. The van der Waals surface area contributed by atoms with E-state index in [2.05, 4.69) is 27.8 Å². The lowest BCUT2D eigenvalue weighted by Gasteiger charge is -2.17. The van der Waals surface area contributed by atoms with Crippen LogP contribution in [0.5, 0.6) is 0 Å². The standard InChI is InChI=1S/C21H26N4O2/c26-20(24-15-18-6-10-22-11-7-18)14-19-9-13-25(16-19)21(27)23-12-8-17-4-2-1-3-5-17/h1-7,10-11,19H,8-9,12-16H2,(H,23,27)(H,24,26). The monoisotopic (exact) mass is 366 g/mol. The lowest BCUT2D eigenvalue weighted by Crippen LogP contribution is -2.39. The lowest BCUT2D eigenvalue weighted by molar-refractivity contribution is -0.122. The number of hydrogen-bond donors (Lipinski definition) is 2. The average Bonchev–Trinajstić information content (AvgIpc) is 3.16. The fraction of sp³-hybridized carbons (Fsp3) is 0.381. The van der Waals surface area contributed by atoms with Gasteiger partial charge in [0.15, 0.2) is 0 Å². The molecule has 6 heteroatoms. The van der Waals surface area contributed by atoms with E-state index in [-0.39, 0.29) is 17.9 Å². The molecule has 1 atom stereocenters. The van der Waals surface area contributed by atoms with Gasteiger partial charge in [0.25, 0.3) is 0 Å². The summed E-state index contributed by atoms with van der Waals surface area (Å²) in [5, 5.41) is 5.91. The van der Waals surface area contributed by atoms with Crippen molar-refractivity contribution in [2.75, 3.05) is 19.6 Å². The van der Waals surface area contributed by atoms with Crippen molar-refractivity contribution in [1.82, 2.24) is 20.5 Å². The Balaban J connectivity index is 1.34. The summed E-state index contributed by atoms with van der Waals surface area (Å²) in [6, 6.07) is 13.8. The molecule has 0 radical (unpaired) electrons. The van der Waals surface area contributed by atoms with E-state index in [1.54, 1.807) is 12.4 Å². The van der Waals surface area contributed by atoms with E-state index >= 15 is 0 Å². The summed E-state index contributed by atoms with van der Waals surface area (Å²) in [6.45, 7) is 2.48. The number of carbonyl (C=O) groups excluding carboxylic acids is 2. The minimum Gasteiger partial charge on any atom is -0.352 e. The number of urea groups is 1. The Labute approximate surface area is 160 Å². The van der Waals surface area contributed by atoms with E-state index < -0.39 is 0 Å². The Morgan fingerprint density at radius 1 is 1.04 bits per heavy atom. The molecule has 0 aliphatic carbocycles. The summed E-state index contributed by atoms with van der Waals surface area (Å²) in [6.07, 6.45) is 5.58. The summed E-state index contributed by atoms with van der Waals surface area (Å²) < 4.78 is 0. The Kier molecular flexibility index (Phi) is 6.79. The Hall–Kier alpha value is -2.89. The van der Waals surface area contributed by atoms with Gasteiger partial charge < -0.3 is 15.5 Å². The smallest absolute Gasteiger partial charge is 0.317 e. The molecule has 2 aromatic rings. The maximum Gasteiger partial charge on any atom is 0.317 e.